The zero-order valence-corrected chi connectivity index (χ0v) is 13.4. The first-order valence-electron chi connectivity index (χ1n) is 8.10. The van der Waals surface area contributed by atoms with Gasteiger partial charge in [-0.05, 0) is 48.4 Å². The molecule has 0 bridgehead atoms. The van der Waals surface area contributed by atoms with Crippen molar-refractivity contribution in [1.29, 1.82) is 0 Å². The van der Waals surface area contributed by atoms with E-state index in [0.29, 0.717) is 17.1 Å². The molecule has 0 radical (unpaired) electrons. The number of anilines is 3. The molecule has 0 saturated heterocycles. The molecule has 1 aliphatic rings. The van der Waals surface area contributed by atoms with Gasteiger partial charge in [0.2, 0.25) is 0 Å². The van der Waals surface area contributed by atoms with Gasteiger partial charge in [-0.25, -0.2) is 9.37 Å². The average molecular weight is 333 g/mol. The zero-order valence-electron chi connectivity index (χ0n) is 13.4. The van der Waals surface area contributed by atoms with Crippen LogP contribution in [0.4, 0.5) is 21.6 Å². The van der Waals surface area contributed by atoms with Crippen LogP contribution >= 0.6 is 0 Å². The summed E-state index contributed by atoms with van der Waals surface area (Å²) in [4.78, 5) is 19.2. The summed E-state index contributed by atoms with van der Waals surface area (Å²) in [5.74, 6) is -0.0860. The minimum Gasteiger partial charge on any atom is -0.325 e. The zero-order chi connectivity index (χ0) is 17.2. The van der Waals surface area contributed by atoms with Gasteiger partial charge in [-0.2, -0.15) is 0 Å². The van der Waals surface area contributed by atoms with Gasteiger partial charge in [0.15, 0.2) is 0 Å². The Morgan fingerprint density at radius 2 is 1.96 bits per heavy atom. The van der Waals surface area contributed by atoms with Crippen LogP contribution in [0.15, 0.2) is 66.9 Å². The molecule has 0 unspecified atom stereocenters. The Labute approximate surface area is 144 Å². The van der Waals surface area contributed by atoms with Gasteiger partial charge in [-0.1, -0.05) is 24.3 Å². The number of para-hydroxylation sites is 1. The number of amides is 1. The van der Waals surface area contributed by atoms with Crippen molar-refractivity contribution in [2.24, 2.45) is 0 Å². The highest BCUT2D eigenvalue weighted by Gasteiger charge is 2.25. The van der Waals surface area contributed by atoms with Crippen molar-refractivity contribution < 1.29 is 9.18 Å². The average Bonchev–Trinajstić information content (AvgIpc) is 3.06. The van der Waals surface area contributed by atoms with Crippen LogP contribution in [0.5, 0.6) is 0 Å². The van der Waals surface area contributed by atoms with Crippen LogP contribution < -0.4 is 10.2 Å². The summed E-state index contributed by atoms with van der Waals surface area (Å²) in [7, 11) is 0. The molecule has 2 aromatic carbocycles. The molecule has 4 rings (SSSR count). The van der Waals surface area contributed by atoms with E-state index in [2.05, 4.69) is 21.3 Å². The number of hydrogen-bond donors (Lipinski definition) is 1. The van der Waals surface area contributed by atoms with Gasteiger partial charge >= 0.3 is 0 Å². The molecule has 124 valence electrons. The van der Waals surface area contributed by atoms with Gasteiger partial charge in [-0.3, -0.25) is 4.79 Å². The van der Waals surface area contributed by atoms with E-state index < -0.39 is 5.82 Å². The van der Waals surface area contributed by atoms with Gasteiger partial charge in [0.25, 0.3) is 5.91 Å². The Hall–Kier alpha value is -3.21. The molecule has 1 N–H and O–H groups in total. The third-order valence-electron chi connectivity index (χ3n) is 4.26. The fourth-order valence-corrected chi connectivity index (χ4v) is 3.11. The minimum atomic E-state index is -0.391. The number of pyridine rings is 1. The Morgan fingerprint density at radius 1 is 1.08 bits per heavy atom. The third-order valence-corrected chi connectivity index (χ3v) is 4.26. The smallest absolute Gasteiger partial charge is 0.259 e. The highest BCUT2D eigenvalue weighted by Crippen LogP contribution is 2.34. The molecule has 1 amide bonds. The normalized spacial score (nSPS) is 12.8. The molecule has 2 heterocycles. The molecule has 0 spiro atoms. The quantitative estimate of drug-likeness (QED) is 0.782. The van der Waals surface area contributed by atoms with Crippen molar-refractivity contribution in [3.8, 4) is 0 Å². The monoisotopic (exact) mass is 333 g/mol. The number of fused-ring (bicyclic) bond motifs is 1. The van der Waals surface area contributed by atoms with Gasteiger partial charge in [0, 0.05) is 24.1 Å². The van der Waals surface area contributed by atoms with E-state index in [1.54, 1.807) is 30.5 Å². The summed E-state index contributed by atoms with van der Waals surface area (Å²) < 4.78 is 13.3. The van der Waals surface area contributed by atoms with E-state index in [9.17, 15) is 9.18 Å². The molecule has 1 aromatic heterocycles. The van der Waals surface area contributed by atoms with Crippen molar-refractivity contribution in [3.63, 3.8) is 0 Å². The molecular weight excluding hydrogens is 317 g/mol. The molecule has 3 aromatic rings. The molecule has 4 nitrogen and oxygen atoms in total. The SMILES string of the molecule is O=C(Nc1cccc(F)c1)c1cccnc1N1CCc2ccccc21. The highest BCUT2D eigenvalue weighted by molar-refractivity contribution is 6.08. The highest BCUT2D eigenvalue weighted by atomic mass is 19.1. The molecule has 0 saturated carbocycles. The van der Waals surface area contributed by atoms with Crippen molar-refractivity contribution in [3.05, 3.63) is 83.8 Å². The van der Waals surface area contributed by atoms with Crippen LogP contribution in [0.1, 0.15) is 15.9 Å². The molecule has 1 aliphatic heterocycles. The summed E-state index contributed by atoms with van der Waals surface area (Å²) in [5.41, 5.74) is 3.19. The number of halogens is 1. The summed E-state index contributed by atoms with van der Waals surface area (Å²) in [6, 6.07) is 17.4. The lowest BCUT2D eigenvalue weighted by atomic mass is 10.1. The second-order valence-electron chi connectivity index (χ2n) is 5.87. The Kier molecular flexibility index (Phi) is 3.90. The number of nitrogens with one attached hydrogen (secondary N) is 1. The van der Waals surface area contributed by atoms with Crippen molar-refractivity contribution in [2.75, 3.05) is 16.8 Å². The second kappa shape index (κ2) is 6.36. The van der Waals surface area contributed by atoms with Gasteiger partial charge in [0.05, 0.1) is 5.56 Å². The lowest BCUT2D eigenvalue weighted by Gasteiger charge is -2.21. The maximum atomic E-state index is 13.3. The summed E-state index contributed by atoms with van der Waals surface area (Å²) in [6.45, 7) is 0.774. The second-order valence-corrected chi connectivity index (χ2v) is 5.87. The predicted molar refractivity (Wildman–Crippen MR) is 95.7 cm³/mol. The van der Waals surface area contributed by atoms with E-state index in [4.69, 9.17) is 0 Å². The molecule has 0 aliphatic carbocycles. The van der Waals surface area contributed by atoms with E-state index in [1.807, 2.05) is 18.2 Å². The first kappa shape index (κ1) is 15.3. The van der Waals surface area contributed by atoms with E-state index in [1.165, 1.54) is 17.7 Å². The van der Waals surface area contributed by atoms with Crippen molar-refractivity contribution in [2.45, 2.75) is 6.42 Å². The number of carbonyl (C=O) groups excluding carboxylic acids is 1. The largest absolute Gasteiger partial charge is 0.325 e. The number of hydrogen-bond acceptors (Lipinski definition) is 3. The standard InChI is InChI=1S/C20H16FN3O/c21-15-6-3-7-16(13-15)23-20(25)17-8-4-11-22-19(17)24-12-10-14-5-1-2-9-18(14)24/h1-9,11,13H,10,12H2,(H,23,25). The maximum absolute atomic E-state index is 13.3. The number of carbonyl (C=O) groups is 1. The third kappa shape index (κ3) is 2.96. The van der Waals surface area contributed by atoms with Crippen LogP contribution in [0, 0.1) is 5.82 Å². The van der Waals surface area contributed by atoms with Crippen LogP contribution in [0.2, 0.25) is 0 Å². The molecule has 5 heteroatoms. The Balaban J connectivity index is 1.67. The van der Waals surface area contributed by atoms with Gasteiger partial charge in [0.1, 0.15) is 11.6 Å². The van der Waals surface area contributed by atoms with E-state index in [0.717, 1.165) is 18.7 Å². The molecule has 0 fully saturated rings. The van der Waals surface area contributed by atoms with E-state index in [-0.39, 0.29) is 5.91 Å². The number of aromatic nitrogens is 1. The minimum absolute atomic E-state index is 0.307. The summed E-state index contributed by atoms with van der Waals surface area (Å²) >= 11 is 0. The van der Waals surface area contributed by atoms with Crippen molar-refractivity contribution >= 4 is 23.1 Å². The van der Waals surface area contributed by atoms with E-state index >= 15 is 0 Å². The lowest BCUT2D eigenvalue weighted by molar-refractivity contribution is 0.102. The fraction of sp³-hybridized carbons (Fsp3) is 0.100. The van der Waals surface area contributed by atoms with Gasteiger partial charge in [-0.15, -0.1) is 0 Å². The van der Waals surface area contributed by atoms with Crippen LogP contribution in [-0.2, 0) is 6.42 Å². The number of rotatable bonds is 3. The molecular formula is C20H16FN3O. The maximum Gasteiger partial charge on any atom is 0.259 e. The first-order valence-corrected chi connectivity index (χ1v) is 8.10. The topological polar surface area (TPSA) is 45.2 Å². The summed E-state index contributed by atoms with van der Waals surface area (Å²) in [6.07, 6.45) is 2.59. The number of nitrogens with zero attached hydrogens (tertiary/aromatic N) is 2. The fourth-order valence-electron chi connectivity index (χ4n) is 3.11. The van der Waals surface area contributed by atoms with Crippen LogP contribution in [-0.4, -0.2) is 17.4 Å². The van der Waals surface area contributed by atoms with Crippen molar-refractivity contribution in [1.82, 2.24) is 4.98 Å². The molecule has 25 heavy (non-hydrogen) atoms. The Morgan fingerprint density at radius 3 is 2.84 bits per heavy atom. The Bertz CT molecular complexity index is 941. The van der Waals surface area contributed by atoms with Crippen LogP contribution in [0.25, 0.3) is 0 Å². The lowest BCUT2D eigenvalue weighted by Crippen LogP contribution is -2.21. The molecule has 0 atom stereocenters. The van der Waals surface area contributed by atoms with Crippen LogP contribution in [0.3, 0.4) is 0 Å². The summed E-state index contributed by atoms with van der Waals surface area (Å²) in [5, 5.41) is 2.74. The van der Waals surface area contributed by atoms with Gasteiger partial charge < -0.3 is 10.2 Å². The predicted octanol–water partition coefficient (Wildman–Crippen LogP) is 4.17. The number of benzene rings is 2. The first-order chi connectivity index (χ1) is 12.2.